The predicted octanol–water partition coefficient (Wildman–Crippen LogP) is 4.86. The lowest BCUT2D eigenvalue weighted by Crippen LogP contribution is -2.46. The average molecular weight is 351 g/mol. The number of piperidine rings is 1. The summed E-state index contributed by atoms with van der Waals surface area (Å²) >= 11 is 0. The van der Waals surface area contributed by atoms with Crippen molar-refractivity contribution >= 4 is 11.4 Å². The Bertz CT molecular complexity index is 707. The molecular weight excluding hydrogens is 320 g/mol. The molecular formula is C23H30N2O. The van der Waals surface area contributed by atoms with Crippen LogP contribution >= 0.6 is 0 Å². The summed E-state index contributed by atoms with van der Waals surface area (Å²) in [5.74, 6) is 0. The van der Waals surface area contributed by atoms with Gasteiger partial charge in [0.15, 0.2) is 0 Å². The van der Waals surface area contributed by atoms with Gasteiger partial charge in [0.1, 0.15) is 0 Å². The van der Waals surface area contributed by atoms with Gasteiger partial charge in [-0.1, -0.05) is 36.9 Å². The van der Waals surface area contributed by atoms with Gasteiger partial charge in [0.25, 0.3) is 0 Å². The van der Waals surface area contributed by atoms with Gasteiger partial charge < -0.3 is 15.0 Å². The van der Waals surface area contributed by atoms with E-state index in [1.807, 2.05) is 19.1 Å². The minimum atomic E-state index is 0.368. The monoisotopic (exact) mass is 350 g/mol. The van der Waals surface area contributed by atoms with E-state index >= 15 is 0 Å². The molecule has 3 nitrogen and oxygen atoms in total. The Morgan fingerprint density at radius 3 is 2.85 bits per heavy atom. The summed E-state index contributed by atoms with van der Waals surface area (Å²) in [6, 6.07) is 8.00. The van der Waals surface area contributed by atoms with Crippen molar-refractivity contribution in [2.45, 2.75) is 57.2 Å². The van der Waals surface area contributed by atoms with Crippen LogP contribution in [0.5, 0.6) is 0 Å². The number of benzene rings is 1. The van der Waals surface area contributed by atoms with Crippen LogP contribution in [0.4, 0.5) is 11.4 Å². The van der Waals surface area contributed by atoms with Gasteiger partial charge in [0, 0.05) is 35.6 Å². The van der Waals surface area contributed by atoms with Gasteiger partial charge >= 0.3 is 0 Å². The van der Waals surface area contributed by atoms with Crippen LogP contribution in [0.15, 0.2) is 54.7 Å². The Morgan fingerprint density at radius 1 is 1.31 bits per heavy atom. The smallest absolute Gasteiger partial charge is 0.0720 e. The molecule has 4 rings (SSSR count). The fraction of sp³-hybridized carbons (Fsp3) is 0.478. The normalized spacial score (nSPS) is 27.7. The molecule has 2 unspecified atom stereocenters. The number of hydrogen-bond acceptors (Lipinski definition) is 3. The number of nitrogens with zero attached hydrogens (tertiary/aromatic N) is 1. The van der Waals surface area contributed by atoms with Crippen LogP contribution in [0.3, 0.4) is 0 Å². The number of anilines is 2. The molecule has 1 N–H and O–H groups in total. The fourth-order valence-electron chi connectivity index (χ4n) is 4.83. The van der Waals surface area contributed by atoms with Crippen LogP contribution in [0.25, 0.3) is 0 Å². The second-order valence-electron chi connectivity index (χ2n) is 7.65. The van der Waals surface area contributed by atoms with E-state index in [1.54, 1.807) is 0 Å². The van der Waals surface area contributed by atoms with Gasteiger partial charge in [0.2, 0.25) is 0 Å². The summed E-state index contributed by atoms with van der Waals surface area (Å²) in [5.41, 5.74) is 5.49. The quantitative estimate of drug-likeness (QED) is 0.742. The van der Waals surface area contributed by atoms with Gasteiger partial charge in [-0.2, -0.15) is 0 Å². The van der Waals surface area contributed by atoms with Crippen molar-refractivity contribution in [2.75, 3.05) is 23.4 Å². The third kappa shape index (κ3) is 3.33. The molecule has 138 valence electrons. The summed E-state index contributed by atoms with van der Waals surface area (Å²) in [6.07, 6.45) is 14.5. The summed E-state index contributed by atoms with van der Waals surface area (Å²) in [6.45, 7) is 7.68. The Labute approximate surface area is 157 Å². The topological polar surface area (TPSA) is 24.5 Å². The number of fused-ring (bicyclic) bond motifs is 3. The van der Waals surface area contributed by atoms with Crippen molar-refractivity contribution in [1.29, 1.82) is 0 Å². The maximum atomic E-state index is 6.28. The van der Waals surface area contributed by atoms with Gasteiger partial charge in [-0.15, -0.1) is 0 Å². The second kappa shape index (κ2) is 7.71. The molecule has 0 aliphatic carbocycles. The Hall–Kier alpha value is -2.00. The van der Waals surface area contributed by atoms with Crippen molar-refractivity contribution in [1.82, 2.24) is 0 Å². The lowest BCUT2D eigenvalue weighted by Gasteiger charge is -2.41. The number of rotatable bonds is 6. The van der Waals surface area contributed by atoms with E-state index in [9.17, 15) is 0 Å². The highest BCUT2D eigenvalue weighted by Gasteiger charge is 2.42. The summed E-state index contributed by atoms with van der Waals surface area (Å²) < 4.78 is 6.28. The predicted molar refractivity (Wildman–Crippen MR) is 110 cm³/mol. The Morgan fingerprint density at radius 2 is 2.12 bits per heavy atom. The molecule has 2 bridgehead atoms. The highest BCUT2D eigenvalue weighted by atomic mass is 16.5. The molecule has 2 fully saturated rings. The number of allylic oxidation sites excluding steroid dienone is 3. The van der Waals surface area contributed by atoms with Gasteiger partial charge in [0.05, 0.1) is 12.7 Å². The third-order valence-electron chi connectivity index (χ3n) is 6.06. The summed E-state index contributed by atoms with van der Waals surface area (Å²) in [7, 11) is 0. The molecule has 1 aromatic rings. The molecule has 3 heterocycles. The maximum absolute atomic E-state index is 6.28. The van der Waals surface area contributed by atoms with E-state index in [1.165, 1.54) is 29.8 Å². The molecule has 3 aliphatic heterocycles. The number of hydrogen-bond donors (Lipinski definition) is 1. The standard InChI is InChI=1S/C23H30N2O/c1-3-5-7-17(4-2)16-26-20-14-18-10-11-19(15-20)25(18)23-9-6-8-22-21(23)12-13-24-22/h3-9,18-20,24H,2,10-16H2,1H3/b5-3-,17-7+. The highest BCUT2D eigenvalue weighted by molar-refractivity contribution is 5.70. The fourth-order valence-corrected chi connectivity index (χ4v) is 4.83. The molecule has 0 aromatic heterocycles. The molecule has 3 aliphatic rings. The van der Waals surface area contributed by atoms with E-state index in [0.717, 1.165) is 31.4 Å². The van der Waals surface area contributed by atoms with E-state index in [4.69, 9.17) is 4.74 Å². The van der Waals surface area contributed by atoms with Crippen LogP contribution in [-0.2, 0) is 11.2 Å². The van der Waals surface area contributed by atoms with Crippen molar-refractivity contribution in [3.63, 3.8) is 0 Å². The molecule has 0 amide bonds. The minimum absolute atomic E-state index is 0.368. The van der Waals surface area contributed by atoms with Crippen molar-refractivity contribution in [3.8, 4) is 0 Å². The first kappa shape index (κ1) is 17.4. The lowest BCUT2D eigenvalue weighted by atomic mass is 9.97. The van der Waals surface area contributed by atoms with E-state index in [2.05, 4.69) is 47.1 Å². The summed E-state index contributed by atoms with van der Waals surface area (Å²) in [4.78, 5) is 2.72. The Kier molecular flexibility index (Phi) is 5.16. The van der Waals surface area contributed by atoms with E-state index in [0.29, 0.717) is 24.8 Å². The average Bonchev–Trinajstić information content (AvgIpc) is 3.24. The lowest BCUT2D eigenvalue weighted by molar-refractivity contribution is 0.0417. The van der Waals surface area contributed by atoms with Crippen LogP contribution in [0.2, 0.25) is 0 Å². The minimum Gasteiger partial charge on any atom is -0.384 e. The van der Waals surface area contributed by atoms with Crippen molar-refractivity contribution in [2.24, 2.45) is 0 Å². The first-order valence-corrected chi connectivity index (χ1v) is 10.00. The van der Waals surface area contributed by atoms with Crippen molar-refractivity contribution < 1.29 is 4.74 Å². The maximum Gasteiger partial charge on any atom is 0.0720 e. The number of nitrogens with one attached hydrogen (secondary N) is 1. The zero-order valence-corrected chi connectivity index (χ0v) is 15.8. The van der Waals surface area contributed by atoms with E-state index < -0.39 is 0 Å². The SMILES string of the molecule is C=C/C(=C\C=C/C)COC1CC2CCC(C1)N2c1cccc2c1CCN2. The van der Waals surface area contributed by atoms with Crippen molar-refractivity contribution in [3.05, 3.63) is 60.2 Å². The molecule has 0 spiro atoms. The molecule has 0 saturated carbocycles. The van der Waals surface area contributed by atoms with Crippen LogP contribution in [0.1, 0.15) is 38.2 Å². The molecule has 3 heteroatoms. The Balaban J connectivity index is 1.44. The zero-order chi connectivity index (χ0) is 17.9. The molecule has 1 aromatic carbocycles. The third-order valence-corrected chi connectivity index (χ3v) is 6.06. The van der Waals surface area contributed by atoms with Gasteiger partial charge in [-0.05, 0) is 56.7 Å². The molecule has 0 radical (unpaired) electrons. The summed E-state index contributed by atoms with van der Waals surface area (Å²) in [5, 5.41) is 3.52. The first-order chi connectivity index (χ1) is 12.8. The van der Waals surface area contributed by atoms with E-state index in [-0.39, 0.29) is 0 Å². The number of ether oxygens (including phenoxy) is 1. The van der Waals surface area contributed by atoms with Crippen LogP contribution < -0.4 is 10.2 Å². The molecule has 26 heavy (non-hydrogen) atoms. The van der Waals surface area contributed by atoms with Crippen LogP contribution in [0, 0.1) is 0 Å². The van der Waals surface area contributed by atoms with Gasteiger partial charge in [-0.3, -0.25) is 0 Å². The largest absolute Gasteiger partial charge is 0.384 e. The van der Waals surface area contributed by atoms with Gasteiger partial charge in [-0.25, -0.2) is 0 Å². The zero-order valence-electron chi connectivity index (χ0n) is 15.8. The molecule has 2 saturated heterocycles. The molecule has 2 atom stereocenters. The second-order valence-corrected chi connectivity index (χ2v) is 7.65. The first-order valence-electron chi connectivity index (χ1n) is 10.00. The highest BCUT2D eigenvalue weighted by Crippen LogP contribution is 2.43. The van der Waals surface area contributed by atoms with Crippen LogP contribution in [-0.4, -0.2) is 31.3 Å².